The Labute approximate surface area is 131 Å². The third kappa shape index (κ3) is 3.88. The fourth-order valence-electron chi connectivity index (χ4n) is 2.16. The molecule has 0 saturated heterocycles. The van der Waals surface area contributed by atoms with Crippen molar-refractivity contribution in [1.29, 1.82) is 0 Å². The molecule has 7 heteroatoms. The highest BCUT2D eigenvalue weighted by Crippen LogP contribution is 2.19. The second kappa shape index (κ2) is 6.95. The Balaban J connectivity index is 2.09. The number of carbonyl (C=O) groups excluding carboxylic acids is 1. The van der Waals surface area contributed by atoms with Crippen LogP contribution >= 0.6 is 0 Å². The second-order valence-corrected chi connectivity index (χ2v) is 4.94. The van der Waals surface area contributed by atoms with Crippen molar-refractivity contribution in [2.75, 3.05) is 7.11 Å². The fourth-order valence-corrected chi connectivity index (χ4v) is 2.16. The molecule has 1 amide bonds. The summed E-state index contributed by atoms with van der Waals surface area (Å²) < 4.78 is 23.5. The number of hydrogen-bond donors (Lipinski definition) is 2. The SMILES string of the molecule is COc1ccc(CNC(=O)c2c(C)coc2CC(=O)O)cc1F. The van der Waals surface area contributed by atoms with Crippen LogP contribution in [0.25, 0.3) is 0 Å². The van der Waals surface area contributed by atoms with Crippen molar-refractivity contribution < 1.29 is 28.2 Å². The first-order valence-corrected chi connectivity index (χ1v) is 6.81. The number of ether oxygens (including phenoxy) is 1. The molecule has 0 atom stereocenters. The summed E-state index contributed by atoms with van der Waals surface area (Å²) >= 11 is 0. The van der Waals surface area contributed by atoms with Gasteiger partial charge in [-0.3, -0.25) is 9.59 Å². The highest BCUT2D eigenvalue weighted by molar-refractivity contribution is 5.97. The third-order valence-corrected chi connectivity index (χ3v) is 3.26. The number of aryl methyl sites for hydroxylation is 1. The summed E-state index contributed by atoms with van der Waals surface area (Å²) in [6, 6.07) is 4.36. The van der Waals surface area contributed by atoms with Gasteiger partial charge in [-0.15, -0.1) is 0 Å². The van der Waals surface area contributed by atoms with Gasteiger partial charge in [-0.2, -0.15) is 0 Å². The van der Waals surface area contributed by atoms with Gasteiger partial charge in [-0.25, -0.2) is 4.39 Å². The Morgan fingerprint density at radius 1 is 1.39 bits per heavy atom. The van der Waals surface area contributed by atoms with E-state index in [0.717, 1.165) is 0 Å². The number of halogens is 1. The lowest BCUT2D eigenvalue weighted by atomic mass is 10.1. The number of carboxylic acids is 1. The molecule has 122 valence electrons. The van der Waals surface area contributed by atoms with E-state index in [2.05, 4.69) is 5.32 Å². The maximum Gasteiger partial charge on any atom is 0.311 e. The lowest BCUT2D eigenvalue weighted by Gasteiger charge is -2.08. The number of rotatable bonds is 6. The van der Waals surface area contributed by atoms with Gasteiger partial charge in [0.2, 0.25) is 0 Å². The van der Waals surface area contributed by atoms with Crippen LogP contribution in [0.3, 0.4) is 0 Å². The average Bonchev–Trinajstić information content (AvgIpc) is 2.85. The monoisotopic (exact) mass is 321 g/mol. The summed E-state index contributed by atoms with van der Waals surface area (Å²) in [5.74, 6) is -1.87. The fraction of sp³-hybridized carbons (Fsp3) is 0.250. The molecule has 0 radical (unpaired) electrons. The van der Waals surface area contributed by atoms with Crippen molar-refractivity contribution in [1.82, 2.24) is 5.32 Å². The molecule has 1 heterocycles. The number of aliphatic carboxylic acids is 1. The topological polar surface area (TPSA) is 88.8 Å². The molecule has 1 aromatic carbocycles. The van der Waals surface area contributed by atoms with Crippen LogP contribution in [0.5, 0.6) is 5.75 Å². The zero-order valence-electron chi connectivity index (χ0n) is 12.7. The van der Waals surface area contributed by atoms with E-state index in [0.29, 0.717) is 11.1 Å². The number of amides is 1. The van der Waals surface area contributed by atoms with Gasteiger partial charge in [0.15, 0.2) is 11.6 Å². The summed E-state index contributed by atoms with van der Waals surface area (Å²) in [6.45, 7) is 1.74. The maximum absolute atomic E-state index is 13.6. The Kier molecular flexibility index (Phi) is 5.00. The molecule has 2 rings (SSSR count). The third-order valence-electron chi connectivity index (χ3n) is 3.26. The van der Waals surface area contributed by atoms with Gasteiger partial charge in [0, 0.05) is 12.1 Å². The predicted octanol–water partition coefficient (Wildman–Crippen LogP) is 2.29. The standard InChI is InChI=1S/C16H16FNO5/c1-9-8-23-13(6-14(19)20)15(9)16(21)18-7-10-3-4-12(22-2)11(17)5-10/h3-5,8H,6-7H2,1-2H3,(H,18,21)(H,19,20). The molecule has 0 saturated carbocycles. The molecule has 1 aromatic heterocycles. The highest BCUT2D eigenvalue weighted by atomic mass is 19.1. The largest absolute Gasteiger partial charge is 0.494 e. The Bertz CT molecular complexity index is 738. The average molecular weight is 321 g/mol. The molecule has 0 unspecified atom stereocenters. The van der Waals surface area contributed by atoms with E-state index in [4.69, 9.17) is 14.3 Å². The summed E-state index contributed by atoms with van der Waals surface area (Å²) in [4.78, 5) is 23.0. The van der Waals surface area contributed by atoms with Crippen molar-refractivity contribution >= 4 is 11.9 Å². The van der Waals surface area contributed by atoms with Crippen LogP contribution in [0, 0.1) is 12.7 Å². The minimum atomic E-state index is -1.09. The second-order valence-electron chi connectivity index (χ2n) is 4.94. The van der Waals surface area contributed by atoms with Crippen molar-refractivity contribution in [2.24, 2.45) is 0 Å². The van der Waals surface area contributed by atoms with Gasteiger partial charge in [0.05, 0.1) is 18.9 Å². The zero-order chi connectivity index (χ0) is 17.0. The summed E-state index contributed by atoms with van der Waals surface area (Å²) in [5, 5.41) is 11.4. The smallest absolute Gasteiger partial charge is 0.311 e. The summed E-state index contributed by atoms with van der Waals surface area (Å²) in [5.41, 5.74) is 1.29. The van der Waals surface area contributed by atoms with Crippen molar-refractivity contribution in [3.63, 3.8) is 0 Å². The Hall–Kier alpha value is -2.83. The number of carbonyl (C=O) groups is 2. The summed E-state index contributed by atoms with van der Waals surface area (Å²) in [7, 11) is 1.37. The number of hydrogen-bond acceptors (Lipinski definition) is 4. The molecule has 6 nitrogen and oxygen atoms in total. The first-order chi connectivity index (χ1) is 10.9. The van der Waals surface area contributed by atoms with Gasteiger partial charge in [0.1, 0.15) is 12.2 Å². The summed E-state index contributed by atoms with van der Waals surface area (Å²) in [6.07, 6.45) is 0.952. The van der Waals surface area contributed by atoms with E-state index in [1.54, 1.807) is 13.0 Å². The minimum absolute atomic E-state index is 0.0911. The minimum Gasteiger partial charge on any atom is -0.494 e. The van der Waals surface area contributed by atoms with E-state index in [9.17, 15) is 14.0 Å². The number of nitrogens with one attached hydrogen (secondary N) is 1. The molecular weight excluding hydrogens is 305 g/mol. The van der Waals surface area contributed by atoms with Crippen LogP contribution in [0.1, 0.15) is 27.2 Å². The maximum atomic E-state index is 13.6. The van der Waals surface area contributed by atoms with Gasteiger partial charge in [-0.1, -0.05) is 6.07 Å². The number of methoxy groups -OCH3 is 1. The molecule has 0 aliphatic carbocycles. The molecule has 0 bridgehead atoms. The van der Waals surface area contributed by atoms with Gasteiger partial charge in [-0.05, 0) is 24.6 Å². The van der Waals surface area contributed by atoms with E-state index < -0.39 is 17.7 Å². The van der Waals surface area contributed by atoms with Crippen LogP contribution in [-0.4, -0.2) is 24.1 Å². The van der Waals surface area contributed by atoms with E-state index >= 15 is 0 Å². The first-order valence-electron chi connectivity index (χ1n) is 6.81. The zero-order valence-corrected chi connectivity index (χ0v) is 12.7. The van der Waals surface area contributed by atoms with E-state index in [-0.39, 0.29) is 30.0 Å². The Morgan fingerprint density at radius 2 is 2.13 bits per heavy atom. The molecule has 23 heavy (non-hydrogen) atoms. The number of furan rings is 1. The van der Waals surface area contributed by atoms with Gasteiger partial charge >= 0.3 is 5.97 Å². The molecule has 0 aliphatic heterocycles. The molecular formula is C16H16FNO5. The molecule has 0 fully saturated rings. The van der Waals surface area contributed by atoms with Crippen molar-refractivity contribution in [2.45, 2.75) is 19.9 Å². The number of carboxylic acid groups (broad SMARTS) is 1. The van der Waals surface area contributed by atoms with Gasteiger partial charge in [0.25, 0.3) is 5.91 Å². The quantitative estimate of drug-likeness (QED) is 0.852. The lowest BCUT2D eigenvalue weighted by molar-refractivity contribution is -0.136. The van der Waals surface area contributed by atoms with E-state index in [1.165, 1.54) is 25.5 Å². The lowest BCUT2D eigenvalue weighted by Crippen LogP contribution is -2.24. The van der Waals surface area contributed by atoms with E-state index in [1.807, 2.05) is 0 Å². The molecule has 2 aromatic rings. The van der Waals surface area contributed by atoms with Crippen LogP contribution < -0.4 is 10.1 Å². The van der Waals surface area contributed by atoms with Crippen molar-refractivity contribution in [3.05, 3.63) is 52.7 Å². The normalized spacial score (nSPS) is 10.4. The molecule has 2 N–H and O–H groups in total. The highest BCUT2D eigenvalue weighted by Gasteiger charge is 2.20. The molecule has 0 aliphatic rings. The molecule has 0 spiro atoms. The van der Waals surface area contributed by atoms with Crippen LogP contribution in [-0.2, 0) is 17.8 Å². The van der Waals surface area contributed by atoms with Crippen molar-refractivity contribution in [3.8, 4) is 5.75 Å². The van der Waals surface area contributed by atoms with Crippen LogP contribution in [0.15, 0.2) is 28.9 Å². The number of benzene rings is 1. The van der Waals surface area contributed by atoms with Gasteiger partial charge < -0.3 is 19.6 Å². The predicted molar refractivity (Wildman–Crippen MR) is 78.9 cm³/mol. The van der Waals surface area contributed by atoms with Crippen LogP contribution in [0.4, 0.5) is 4.39 Å². The Morgan fingerprint density at radius 3 is 2.74 bits per heavy atom. The first kappa shape index (κ1) is 16.5. The van der Waals surface area contributed by atoms with Crippen LogP contribution in [0.2, 0.25) is 0 Å².